The third-order valence-electron chi connectivity index (χ3n) is 1.01. The van der Waals surface area contributed by atoms with Gasteiger partial charge in [-0.05, 0) is 19.1 Å². The van der Waals surface area contributed by atoms with Gasteiger partial charge in [-0.1, -0.05) is 47.5 Å². The molecule has 0 spiro atoms. The highest BCUT2D eigenvalue weighted by atomic mass is 79.9. The second-order valence-corrected chi connectivity index (χ2v) is 2.71. The lowest BCUT2D eigenvalue weighted by molar-refractivity contribution is 1.46. The van der Waals surface area contributed by atoms with Crippen LogP contribution < -0.4 is 0 Å². The molecule has 0 N–H and O–H groups in total. The Kier molecular flexibility index (Phi) is 5.32. The van der Waals surface area contributed by atoms with Crippen LogP contribution in [0.5, 0.6) is 0 Å². The molecule has 0 atom stereocenters. The first-order chi connectivity index (χ1) is 4.79. The van der Waals surface area contributed by atoms with Gasteiger partial charge in [0, 0.05) is 4.47 Å². The standard InChI is InChI=1S/C7H7Br.C2H6/c1-6-2-4-7(8)5-3-6;1-2/h2-5H,1H3;1-2H3. The molecule has 0 heterocycles. The molecule has 56 valence electrons. The lowest BCUT2D eigenvalue weighted by Crippen LogP contribution is -1.66. The molecule has 0 aliphatic rings. The first kappa shape index (κ1) is 9.70. The van der Waals surface area contributed by atoms with E-state index in [9.17, 15) is 0 Å². The summed E-state index contributed by atoms with van der Waals surface area (Å²) < 4.78 is 1.14. The molecule has 0 fully saturated rings. The lowest BCUT2D eigenvalue weighted by Gasteiger charge is -1.88. The van der Waals surface area contributed by atoms with Crippen molar-refractivity contribution < 1.29 is 0 Å². The van der Waals surface area contributed by atoms with Gasteiger partial charge >= 0.3 is 0 Å². The van der Waals surface area contributed by atoms with Gasteiger partial charge in [0.2, 0.25) is 0 Å². The van der Waals surface area contributed by atoms with Crippen molar-refractivity contribution in [2.45, 2.75) is 20.8 Å². The van der Waals surface area contributed by atoms with E-state index < -0.39 is 0 Å². The summed E-state index contributed by atoms with van der Waals surface area (Å²) in [6.07, 6.45) is 0. The molecule has 1 aromatic rings. The zero-order valence-electron chi connectivity index (χ0n) is 6.69. The van der Waals surface area contributed by atoms with Crippen LogP contribution in [0.2, 0.25) is 0 Å². The van der Waals surface area contributed by atoms with Gasteiger partial charge in [-0.3, -0.25) is 0 Å². The number of benzene rings is 1. The van der Waals surface area contributed by atoms with Crippen LogP contribution in [0.15, 0.2) is 28.7 Å². The summed E-state index contributed by atoms with van der Waals surface area (Å²) >= 11 is 3.35. The third kappa shape index (κ3) is 3.67. The third-order valence-corrected chi connectivity index (χ3v) is 1.54. The molecule has 1 aromatic carbocycles. The maximum absolute atomic E-state index is 3.35. The average Bonchev–Trinajstić information content (AvgIpc) is 2.00. The average molecular weight is 201 g/mol. The van der Waals surface area contributed by atoms with Crippen molar-refractivity contribution in [2.24, 2.45) is 0 Å². The number of hydrogen-bond donors (Lipinski definition) is 0. The van der Waals surface area contributed by atoms with E-state index in [1.807, 2.05) is 26.0 Å². The van der Waals surface area contributed by atoms with Crippen LogP contribution in [-0.2, 0) is 0 Å². The Hall–Kier alpha value is -0.300. The largest absolute Gasteiger partial charge is 0.0683 e. The predicted octanol–water partition coefficient (Wildman–Crippen LogP) is 3.78. The van der Waals surface area contributed by atoms with Crippen molar-refractivity contribution >= 4 is 15.9 Å². The Morgan fingerprint density at radius 1 is 1.00 bits per heavy atom. The molecule has 1 rings (SSSR count). The highest BCUT2D eigenvalue weighted by Gasteiger charge is 1.81. The molecule has 0 aliphatic carbocycles. The zero-order chi connectivity index (χ0) is 7.98. The van der Waals surface area contributed by atoms with Gasteiger partial charge in [0.25, 0.3) is 0 Å². The maximum atomic E-state index is 3.35. The SMILES string of the molecule is CC.Cc1ccc(Br)cc1. The Morgan fingerprint density at radius 3 is 1.70 bits per heavy atom. The molecule has 0 radical (unpaired) electrons. The van der Waals surface area contributed by atoms with E-state index >= 15 is 0 Å². The van der Waals surface area contributed by atoms with Crippen molar-refractivity contribution in [1.29, 1.82) is 0 Å². The van der Waals surface area contributed by atoms with E-state index in [4.69, 9.17) is 0 Å². The van der Waals surface area contributed by atoms with Crippen LogP contribution in [0.25, 0.3) is 0 Å². The molecule has 0 saturated heterocycles. The number of hydrogen-bond acceptors (Lipinski definition) is 0. The van der Waals surface area contributed by atoms with Crippen LogP contribution in [0, 0.1) is 6.92 Å². The smallest absolute Gasteiger partial charge is 0.0175 e. The summed E-state index contributed by atoms with van der Waals surface area (Å²) in [5.74, 6) is 0. The van der Waals surface area contributed by atoms with Gasteiger partial charge in [-0.2, -0.15) is 0 Å². The molecule has 0 saturated carbocycles. The van der Waals surface area contributed by atoms with Crippen molar-refractivity contribution in [1.82, 2.24) is 0 Å². The van der Waals surface area contributed by atoms with E-state index in [2.05, 4.69) is 35.0 Å². The van der Waals surface area contributed by atoms with Crippen LogP contribution in [0.1, 0.15) is 19.4 Å². The van der Waals surface area contributed by atoms with Crippen LogP contribution in [0.4, 0.5) is 0 Å². The number of rotatable bonds is 0. The Bertz CT molecular complexity index is 144. The Labute approximate surface area is 71.4 Å². The van der Waals surface area contributed by atoms with Gasteiger partial charge in [0.05, 0.1) is 0 Å². The van der Waals surface area contributed by atoms with E-state index in [0.717, 1.165) is 4.47 Å². The number of aryl methyl sites for hydroxylation is 1. The molecule has 0 bridgehead atoms. The van der Waals surface area contributed by atoms with Crippen molar-refractivity contribution in [3.05, 3.63) is 34.3 Å². The molecule has 0 unspecified atom stereocenters. The first-order valence-corrected chi connectivity index (χ1v) is 4.30. The normalized spacial score (nSPS) is 8.00. The molecular weight excluding hydrogens is 188 g/mol. The van der Waals surface area contributed by atoms with Crippen molar-refractivity contribution in [3.8, 4) is 0 Å². The topological polar surface area (TPSA) is 0 Å². The number of halogens is 1. The summed E-state index contributed by atoms with van der Waals surface area (Å²) in [4.78, 5) is 0. The van der Waals surface area contributed by atoms with E-state index in [1.54, 1.807) is 0 Å². The molecule has 10 heavy (non-hydrogen) atoms. The summed E-state index contributed by atoms with van der Waals surface area (Å²) in [6.45, 7) is 6.08. The van der Waals surface area contributed by atoms with Gasteiger partial charge in [0.1, 0.15) is 0 Å². The van der Waals surface area contributed by atoms with Crippen LogP contribution in [-0.4, -0.2) is 0 Å². The molecular formula is C9H13Br. The fraction of sp³-hybridized carbons (Fsp3) is 0.333. The van der Waals surface area contributed by atoms with E-state index in [0.29, 0.717) is 0 Å². The summed E-state index contributed by atoms with van der Waals surface area (Å²) in [6, 6.07) is 8.22. The quantitative estimate of drug-likeness (QED) is 0.599. The minimum atomic E-state index is 1.14. The summed E-state index contributed by atoms with van der Waals surface area (Å²) in [5, 5.41) is 0. The fourth-order valence-corrected chi connectivity index (χ4v) is 0.798. The predicted molar refractivity (Wildman–Crippen MR) is 50.2 cm³/mol. The minimum Gasteiger partial charge on any atom is -0.0683 e. The first-order valence-electron chi connectivity index (χ1n) is 3.51. The van der Waals surface area contributed by atoms with Gasteiger partial charge < -0.3 is 0 Å². The van der Waals surface area contributed by atoms with Crippen LogP contribution in [0.3, 0.4) is 0 Å². The van der Waals surface area contributed by atoms with Gasteiger partial charge in [-0.15, -0.1) is 0 Å². The Balaban J connectivity index is 0.000000371. The zero-order valence-corrected chi connectivity index (χ0v) is 8.27. The van der Waals surface area contributed by atoms with Crippen molar-refractivity contribution in [3.63, 3.8) is 0 Å². The van der Waals surface area contributed by atoms with Gasteiger partial charge in [0.15, 0.2) is 0 Å². The Morgan fingerprint density at radius 2 is 1.40 bits per heavy atom. The van der Waals surface area contributed by atoms with Crippen molar-refractivity contribution in [2.75, 3.05) is 0 Å². The summed E-state index contributed by atoms with van der Waals surface area (Å²) in [7, 11) is 0. The van der Waals surface area contributed by atoms with Gasteiger partial charge in [-0.25, -0.2) is 0 Å². The molecule has 0 aromatic heterocycles. The fourth-order valence-electron chi connectivity index (χ4n) is 0.533. The van der Waals surface area contributed by atoms with Crippen LogP contribution >= 0.6 is 15.9 Å². The molecule has 0 amide bonds. The highest BCUT2D eigenvalue weighted by molar-refractivity contribution is 9.10. The summed E-state index contributed by atoms with van der Waals surface area (Å²) in [5.41, 5.74) is 1.30. The molecule has 1 heteroatoms. The monoisotopic (exact) mass is 200 g/mol. The second kappa shape index (κ2) is 5.48. The minimum absolute atomic E-state index is 1.14. The second-order valence-electron chi connectivity index (χ2n) is 1.80. The maximum Gasteiger partial charge on any atom is 0.0175 e. The molecule has 0 aliphatic heterocycles. The van der Waals surface area contributed by atoms with E-state index in [-0.39, 0.29) is 0 Å². The highest BCUT2D eigenvalue weighted by Crippen LogP contribution is 2.08. The van der Waals surface area contributed by atoms with E-state index in [1.165, 1.54) is 5.56 Å². The molecule has 0 nitrogen and oxygen atoms in total. The lowest BCUT2D eigenvalue weighted by atomic mass is 10.2.